The topological polar surface area (TPSA) is 242 Å². The third kappa shape index (κ3) is 21.0. The maximum atomic E-state index is 14.5. The first-order valence-corrected chi connectivity index (χ1v) is 25.5. The van der Waals surface area contributed by atoms with Crippen LogP contribution >= 0.6 is 11.8 Å². The Kier molecular flexibility index (Phi) is 25.3. The highest BCUT2D eigenvalue weighted by Crippen LogP contribution is 2.36. The van der Waals surface area contributed by atoms with Gasteiger partial charge in [0.1, 0.15) is 18.5 Å². The lowest BCUT2D eigenvalue weighted by molar-refractivity contribution is -0.128. The summed E-state index contributed by atoms with van der Waals surface area (Å²) in [6.07, 6.45) is 7.82. The molecule has 1 aromatic heterocycles. The first-order valence-electron chi connectivity index (χ1n) is 24.5. The summed E-state index contributed by atoms with van der Waals surface area (Å²) in [4.78, 5) is 70.1. The maximum Gasteiger partial charge on any atom is 0.315 e. The van der Waals surface area contributed by atoms with Gasteiger partial charge in [-0.05, 0) is 69.1 Å². The number of hydrogen-bond acceptors (Lipinski definition) is 15. The van der Waals surface area contributed by atoms with Gasteiger partial charge in [-0.2, -0.15) is 21.1 Å². The number of carbonyl (C=O) groups is 5. The molecule has 4 heterocycles. The molecule has 2 aromatic rings. The number of rotatable bonds is 35. The van der Waals surface area contributed by atoms with Crippen LogP contribution in [0.4, 0.5) is 20.8 Å². The van der Waals surface area contributed by atoms with Crippen LogP contribution in [0.2, 0.25) is 0 Å². The van der Waals surface area contributed by atoms with Crippen LogP contribution in [-0.4, -0.2) is 166 Å². The van der Waals surface area contributed by atoms with E-state index in [2.05, 4.69) is 55.4 Å². The second-order valence-electron chi connectivity index (χ2n) is 17.2. The smallest absolute Gasteiger partial charge is 0.315 e. The molecule has 20 nitrogen and oxygen atoms in total. The highest BCUT2D eigenvalue weighted by Gasteiger charge is 2.44. The molecule has 3 aliphatic heterocycles. The molecule has 5 atom stereocenters. The van der Waals surface area contributed by atoms with Gasteiger partial charge in [0, 0.05) is 81.4 Å². The summed E-state index contributed by atoms with van der Waals surface area (Å²) in [6, 6.07) is 7.41. The molecule has 3 saturated heterocycles. The van der Waals surface area contributed by atoms with Gasteiger partial charge in [-0.1, -0.05) is 19.6 Å². The van der Waals surface area contributed by atoms with E-state index in [4.69, 9.17) is 28.4 Å². The van der Waals surface area contributed by atoms with Crippen molar-refractivity contribution in [3.63, 3.8) is 0 Å². The fourth-order valence-electron chi connectivity index (χ4n) is 8.01. The number of nitrogens with zero attached hydrogens (tertiary/aromatic N) is 3. The van der Waals surface area contributed by atoms with Crippen molar-refractivity contribution >= 4 is 53.1 Å². The number of halogens is 1. The summed E-state index contributed by atoms with van der Waals surface area (Å²) >= 11 is 1.90. The van der Waals surface area contributed by atoms with Crippen LogP contribution in [-0.2, 0) is 38.1 Å². The minimum atomic E-state index is -0.705. The number of fused-ring (bicyclic) bond motifs is 1. The van der Waals surface area contributed by atoms with Crippen LogP contribution < -0.4 is 41.4 Å². The molecule has 0 aliphatic carbocycles. The maximum absolute atomic E-state index is 14.5. The summed E-state index contributed by atoms with van der Waals surface area (Å²) in [5, 5.41) is 18.0. The normalized spacial score (nSPS) is 18.8. The Bertz CT molecular complexity index is 1960. The van der Waals surface area contributed by atoms with E-state index in [0.29, 0.717) is 134 Å². The Hall–Kier alpha value is -5.29. The van der Waals surface area contributed by atoms with E-state index in [-0.39, 0.29) is 73.0 Å². The Morgan fingerprint density at radius 3 is 2.24 bits per heavy atom. The number of benzene rings is 1. The number of piperidine rings is 1. The van der Waals surface area contributed by atoms with Crippen LogP contribution in [0, 0.1) is 11.7 Å². The lowest BCUT2D eigenvalue weighted by Gasteiger charge is -2.32. The van der Waals surface area contributed by atoms with Crippen LogP contribution in [0.15, 0.2) is 43.1 Å². The lowest BCUT2D eigenvalue weighted by atomic mass is 9.93. The SMILES string of the molecule is C=CC(=O)N1CCC[C@H](Oc2nc(Nc3cccc(OCCOCCNC(=O)CCCC(=O)NCCCOCCOCCOCCCNC(=O)CCC[C@@H](C)[C@@H]4SC[C@@H]5NC(=O)N[C@H]45)c3)ncc2F)C1. The van der Waals surface area contributed by atoms with Gasteiger partial charge in [0.05, 0.1) is 64.5 Å². The number of carbonyl (C=O) groups excluding carboxylic acids is 5. The van der Waals surface area contributed by atoms with E-state index in [0.717, 1.165) is 37.6 Å². The number of likely N-dealkylation sites (tertiary alicyclic amines) is 1. The molecular weight excluding hydrogens is 930 g/mol. The van der Waals surface area contributed by atoms with E-state index in [9.17, 15) is 28.4 Å². The summed E-state index contributed by atoms with van der Waals surface area (Å²) in [6.45, 7) is 11.7. The van der Waals surface area contributed by atoms with Crippen molar-refractivity contribution in [2.24, 2.45) is 5.92 Å². The summed E-state index contributed by atoms with van der Waals surface area (Å²) in [7, 11) is 0. The van der Waals surface area contributed by atoms with E-state index in [1.165, 1.54) is 6.08 Å². The van der Waals surface area contributed by atoms with Crippen molar-refractivity contribution in [3.05, 3.63) is 48.9 Å². The lowest BCUT2D eigenvalue weighted by Crippen LogP contribution is -2.43. The molecule has 3 aliphatic rings. The predicted molar refractivity (Wildman–Crippen MR) is 262 cm³/mol. The van der Waals surface area contributed by atoms with E-state index in [1.807, 2.05) is 11.8 Å². The van der Waals surface area contributed by atoms with Gasteiger partial charge in [-0.15, -0.1) is 0 Å². The van der Waals surface area contributed by atoms with Gasteiger partial charge in [0.2, 0.25) is 35.4 Å². The van der Waals surface area contributed by atoms with Gasteiger partial charge in [0.15, 0.2) is 0 Å². The van der Waals surface area contributed by atoms with E-state index in [1.54, 1.807) is 29.2 Å². The van der Waals surface area contributed by atoms with Crippen LogP contribution in [0.25, 0.3) is 0 Å². The van der Waals surface area contributed by atoms with Crippen LogP contribution in [0.1, 0.15) is 71.1 Å². The number of hydrogen-bond donors (Lipinski definition) is 6. The molecular formula is C48H72FN9O11S. The standard InChI is InChI=1S/C48H72FN9O11S/c1-3-43(62)58-20-7-13-37(32-58)69-46-38(49)31-53-47(57-46)54-35-11-5-12-36(30-35)68-29-28-66-23-19-52-42(61)16-6-15-41(60)51-18-9-22-65-25-27-67-26-24-64-21-8-17-50-40(59)14-4-10-34(2)45-44-39(33-70-45)55-48(63)56-44/h3,5,11-12,30-31,34,37,39,44-45H,1,4,6-10,13-29,32-33H2,2H3,(H,50,59)(H,51,60)(H,52,61)(H,53,54,57)(H2,55,56,63)/t34-,37+,39+,44+,45+/m1/s1. The predicted octanol–water partition coefficient (Wildman–Crippen LogP) is 3.63. The number of anilines is 2. The minimum Gasteiger partial charge on any atom is -0.491 e. The van der Waals surface area contributed by atoms with Crippen molar-refractivity contribution in [1.82, 2.24) is 41.5 Å². The number of aromatic nitrogens is 2. The molecule has 22 heteroatoms. The first-order chi connectivity index (χ1) is 34.1. The van der Waals surface area contributed by atoms with Gasteiger partial charge < -0.3 is 65.2 Å². The molecule has 1 aromatic carbocycles. The average Bonchev–Trinajstić information content (AvgIpc) is 3.92. The second kappa shape index (κ2) is 31.8. The zero-order valence-corrected chi connectivity index (χ0v) is 41.2. The molecule has 0 radical (unpaired) electrons. The van der Waals surface area contributed by atoms with Crippen molar-refractivity contribution in [2.75, 3.05) is 103 Å². The minimum absolute atomic E-state index is 0.0547. The molecule has 70 heavy (non-hydrogen) atoms. The molecule has 0 saturated carbocycles. The third-order valence-corrected chi connectivity index (χ3v) is 13.3. The Labute approximate surface area is 414 Å². The molecule has 388 valence electrons. The fourth-order valence-corrected chi connectivity index (χ4v) is 9.66. The Morgan fingerprint density at radius 2 is 1.53 bits per heavy atom. The third-order valence-electron chi connectivity index (χ3n) is 11.6. The van der Waals surface area contributed by atoms with Crippen molar-refractivity contribution in [1.29, 1.82) is 0 Å². The van der Waals surface area contributed by atoms with Crippen molar-refractivity contribution in [2.45, 2.75) is 94.6 Å². The molecule has 3 fully saturated rings. The molecule has 5 rings (SSSR count). The van der Waals surface area contributed by atoms with Gasteiger partial charge in [-0.3, -0.25) is 19.2 Å². The number of ether oxygens (including phenoxy) is 6. The van der Waals surface area contributed by atoms with Crippen molar-refractivity contribution in [3.8, 4) is 11.6 Å². The second-order valence-corrected chi connectivity index (χ2v) is 18.4. The van der Waals surface area contributed by atoms with Crippen LogP contribution in [0.5, 0.6) is 11.6 Å². The highest BCUT2D eigenvalue weighted by molar-refractivity contribution is 8.00. The van der Waals surface area contributed by atoms with Crippen LogP contribution in [0.3, 0.4) is 0 Å². The number of urea groups is 1. The first kappa shape index (κ1) is 55.6. The average molecular weight is 1000 g/mol. The zero-order valence-electron chi connectivity index (χ0n) is 40.4. The molecule has 0 spiro atoms. The monoisotopic (exact) mass is 1000 g/mol. The summed E-state index contributed by atoms with van der Waals surface area (Å²) in [5.74, 6) is 0.741. The Morgan fingerprint density at radius 1 is 0.871 bits per heavy atom. The molecule has 6 N–H and O–H groups in total. The van der Waals surface area contributed by atoms with E-state index >= 15 is 0 Å². The zero-order chi connectivity index (χ0) is 49.8. The number of nitrogens with one attached hydrogen (secondary N) is 6. The van der Waals surface area contributed by atoms with Gasteiger partial charge in [-0.25, -0.2) is 9.78 Å². The van der Waals surface area contributed by atoms with E-state index < -0.39 is 11.9 Å². The fraction of sp³-hybridized carbons (Fsp3) is 0.646. The summed E-state index contributed by atoms with van der Waals surface area (Å²) in [5.41, 5.74) is 0.610. The molecule has 6 amide bonds. The highest BCUT2D eigenvalue weighted by atomic mass is 32.2. The molecule has 0 unspecified atom stereocenters. The summed E-state index contributed by atoms with van der Waals surface area (Å²) < 4.78 is 48.4. The van der Waals surface area contributed by atoms with Crippen molar-refractivity contribution < 1.29 is 56.8 Å². The van der Waals surface area contributed by atoms with Gasteiger partial charge in [0.25, 0.3) is 5.88 Å². The largest absolute Gasteiger partial charge is 0.491 e. The number of amides is 6. The molecule has 0 bridgehead atoms. The van der Waals surface area contributed by atoms with Gasteiger partial charge >= 0.3 is 6.03 Å². The quantitative estimate of drug-likeness (QED) is 0.0328. The number of thioether (sulfide) groups is 1. The Balaban J connectivity index is 0.755.